The minimum absolute atomic E-state index is 0.206. The van der Waals surface area contributed by atoms with E-state index in [0.717, 1.165) is 23.7 Å². The second kappa shape index (κ2) is 4.10. The van der Waals surface area contributed by atoms with Crippen LogP contribution in [0.25, 0.3) is 0 Å². The lowest BCUT2D eigenvalue weighted by atomic mass is 9.65. The number of hydrogen-bond donors (Lipinski definition) is 1. The Morgan fingerprint density at radius 1 is 1.17 bits per heavy atom. The zero-order valence-corrected chi connectivity index (χ0v) is 12.2. The summed E-state index contributed by atoms with van der Waals surface area (Å²) in [6.07, 6.45) is 11.4. The maximum Gasteiger partial charge on any atom is 0.0612 e. The van der Waals surface area contributed by atoms with Gasteiger partial charge in [0.1, 0.15) is 0 Å². The molecule has 0 amide bonds. The minimum Gasteiger partial charge on any atom is -0.392 e. The summed E-state index contributed by atoms with van der Waals surface area (Å²) in [5, 5.41) is 9.09. The minimum atomic E-state index is 0.206. The van der Waals surface area contributed by atoms with Gasteiger partial charge in [-0.15, -0.1) is 0 Å². The highest BCUT2D eigenvalue weighted by molar-refractivity contribution is 5.17. The lowest BCUT2D eigenvalue weighted by molar-refractivity contribution is 0.119. The van der Waals surface area contributed by atoms with E-state index in [2.05, 4.69) is 26.8 Å². The molecule has 3 aliphatic carbocycles. The third-order valence-corrected chi connectivity index (χ3v) is 6.66. The van der Waals surface area contributed by atoms with Crippen LogP contribution < -0.4 is 0 Å². The van der Waals surface area contributed by atoms with Crippen molar-refractivity contribution in [3.05, 3.63) is 12.2 Å². The molecule has 0 saturated heterocycles. The van der Waals surface area contributed by atoms with Crippen LogP contribution in [0.15, 0.2) is 12.2 Å². The monoisotopic (exact) mass is 248 g/mol. The second-order valence-corrected chi connectivity index (χ2v) is 7.86. The molecule has 3 rings (SSSR count). The summed E-state index contributed by atoms with van der Waals surface area (Å²) >= 11 is 0. The smallest absolute Gasteiger partial charge is 0.0612 e. The van der Waals surface area contributed by atoms with Gasteiger partial charge < -0.3 is 5.11 Å². The van der Waals surface area contributed by atoms with Crippen LogP contribution in [0.5, 0.6) is 0 Å². The molecule has 0 aromatic rings. The van der Waals surface area contributed by atoms with Crippen LogP contribution in [0, 0.1) is 34.5 Å². The number of aliphatic hydroxyl groups is 1. The molecule has 18 heavy (non-hydrogen) atoms. The van der Waals surface area contributed by atoms with Crippen LogP contribution in [-0.2, 0) is 0 Å². The third kappa shape index (κ3) is 1.56. The normalized spacial score (nSPS) is 49.8. The fourth-order valence-electron chi connectivity index (χ4n) is 6.05. The van der Waals surface area contributed by atoms with Crippen molar-refractivity contribution < 1.29 is 5.11 Å². The van der Waals surface area contributed by atoms with Gasteiger partial charge in [0.2, 0.25) is 0 Å². The quantitative estimate of drug-likeness (QED) is 0.732. The van der Waals surface area contributed by atoms with Crippen LogP contribution in [-0.4, -0.2) is 11.7 Å². The van der Waals surface area contributed by atoms with Crippen molar-refractivity contribution in [3.63, 3.8) is 0 Å². The van der Waals surface area contributed by atoms with E-state index in [1.165, 1.54) is 32.1 Å². The van der Waals surface area contributed by atoms with Crippen LogP contribution in [0.3, 0.4) is 0 Å². The Bertz CT molecular complexity index is 357. The maximum atomic E-state index is 9.09. The molecule has 5 atom stereocenters. The van der Waals surface area contributed by atoms with E-state index in [-0.39, 0.29) is 6.61 Å². The maximum absolute atomic E-state index is 9.09. The van der Waals surface area contributed by atoms with Crippen molar-refractivity contribution in [1.29, 1.82) is 0 Å². The number of allylic oxidation sites excluding steroid dienone is 1. The van der Waals surface area contributed by atoms with Gasteiger partial charge in [0.05, 0.1) is 6.61 Å². The van der Waals surface area contributed by atoms with Crippen molar-refractivity contribution in [2.24, 2.45) is 34.5 Å². The highest BCUT2D eigenvalue weighted by Gasteiger charge is 2.63. The van der Waals surface area contributed by atoms with Gasteiger partial charge >= 0.3 is 0 Å². The fourth-order valence-corrected chi connectivity index (χ4v) is 6.05. The number of hydrogen-bond acceptors (Lipinski definition) is 1. The zero-order chi connectivity index (χ0) is 13.0. The molecule has 3 fully saturated rings. The van der Waals surface area contributed by atoms with E-state index in [9.17, 15) is 0 Å². The molecule has 3 saturated carbocycles. The molecule has 0 spiro atoms. The van der Waals surface area contributed by atoms with Crippen LogP contribution in [0.1, 0.15) is 52.9 Å². The molecule has 0 unspecified atom stereocenters. The van der Waals surface area contributed by atoms with Crippen molar-refractivity contribution in [2.75, 3.05) is 6.61 Å². The van der Waals surface area contributed by atoms with Crippen molar-refractivity contribution >= 4 is 0 Å². The lowest BCUT2D eigenvalue weighted by Gasteiger charge is -2.40. The van der Waals surface area contributed by atoms with Gasteiger partial charge in [-0.3, -0.25) is 0 Å². The molecular weight excluding hydrogens is 220 g/mol. The summed E-state index contributed by atoms with van der Waals surface area (Å²) in [6, 6.07) is 0. The Morgan fingerprint density at radius 3 is 2.67 bits per heavy atom. The SMILES string of the molecule is CC1(C)CCC[C@@]2(C)[C@@H]3CC[C@@H]([C@@H]31)[C@@H]2/C=C\CO. The van der Waals surface area contributed by atoms with Crippen LogP contribution in [0.4, 0.5) is 0 Å². The first-order chi connectivity index (χ1) is 8.50. The van der Waals surface area contributed by atoms with Gasteiger partial charge in [-0.25, -0.2) is 0 Å². The predicted octanol–water partition coefficient (Wildman–Crippen LogP) is 4.02. The van der Waals surface area contributed by atoms with E-state index in [1.54, 1.807) is 0 Å². The molecule has 4 bridgehead atoms. The van der Waals surface area contributed by atoms with E-state index >= 15 is 0 Å². The Kier molecular flexibility index (Phi) is 2.89. The summed E-state index contributed by atoms with van der Waals surface area (Å²) < 4.78 is 0. The molecule has 3 aliphatic rings. The molecule has 1 heteroatoms. The number of rotatable bonds is 2. The van der Waals surface area contributed by atoms with E-state index in [4.69, 9.17) is 5.11 Å². The van der Waals surface area contributed by atoms with E-state index in [0.29, 0.717) is 10.8 Å². The van der Waals surface area contributed by atoms with Crippen molar-refractivity contribution in [3.8, 4) is 0 Å². The Morgan fingerprint density at radius 2 is 1.94 bits per heavy atom. The van der Waals surface area contributed by atoms with Crippen molar-refractivity contribution in [2.45, 2.75) is 52.9 Å². The number of aliphatic hydroxyl groups excluding tert-OH is 1. The first-order valence-electron chi connectivity index (χ1n) is 7.78. The first-order valence-corrected chi connectivity index (χ1v) is 7.78. The zero-order valence-electron chi connectivity index (χ0n) is 12.2. The Hall–Kier alpha value is -0.300. The van der Waals surface area contributed by atoms with Gasteiger partial charge in [0.15, 0.2) is 0 Å². The molecule has 0 aliphatic heterocycles. The largest absolute Gasteiger partial charge is 0.392 e. The highest BCUT2D eigenvalue weighted by Crippen LogP contribution is 2.70. The molecule has 102 valence electrons. The van der Waals surface area contributed by atoms with Crippen LogP contribution in [0.2, 0.25) is 0 Å². The van der Waals surface area contributed by atoms with Gasteiger partial charge in [0, 0.05) is 0 Å². The molecule has 0 radical (unpaired) electrons. The highest BCUT2D eigenvalue weighted by atomic mass is 16.2. The molecule has 1 N–H and O–H groups in total. The van der Waals surface area contributed by atoms with Gasteiger partial charge in [-0.1, -0.05) is 39.3 Å². The van der Waals surface area contributed by atoms with Crippen molar-refractivity contribution in [1.82, 2.24) is 0 Å². The average molecular weight is 248 g/mol. The first kappa shape index (κ1) is 12.7. The van der Waals surface area contributed by atoms with E-state index < -0.39 is 0 Å². The molecule has 0 heterocycles. The second-order valence-electron chi connectivity index (χ2n) is 7.86. The Labute approximate surface area is 112 Å². The Balaban J connectivity index is 1.99. The summed E-state index contributed by atoms with van der Waals surface area (Å²) in [7, 11) is 0. The summed E-state index contributed by atoms with van der Waals surface area (Å²) in [6.45, 7) is 7.76. The molecular formula is C17H28O. The molecule has 1 nitrogen and oxygen atoms in total. The summed E-state index contributed by atoms with van der Waals surface area (Å²) in [4.78, 5) is 0. The van der Waals surface area contributed by atoms with Gasteiger partial charge in [0.25, 0.3) is 0 Å². The third-order valence-electron chi connectivity index (χ3n) is 6.66. The summed E-state index contributed by atoms with van der Waals surface area (Å²) in [5.74, 6) is 3.48. The van der Waals surface area contributed by atoms with Gasteiger partial charge in [-0.2, -0.15) is 0 Å². The van der Waals surface area contributed by atoms with Gasteiger partial charge in [-0.05, 0) is 60.2 Å². The average Bonchev–Trinajstić information content (AvgIpc) is 2.79. The standard InChI is InChI=1S/C17H28O/c1-16(2)9-5-10-17(3)13(6-4-11-18)12-7-8-14(17)15(12)16/h4,6,12-15,18H,5,7-11H2,1-3H3/b6-4-/t12-,13+,14-,15+,17-/m1/s1. The van der Waals surface area contributed by atoms with Crippen LogP contribution >= 0.6 is 0 Å². The van der Waals surface area contributed by atoms with E-state index in [1.807, 2.05) is 6.08 Å². The topological polar surface area (TPSA) is 20.2 Å². The molecule has 0 aromatic carbocycles. The molecule has 0 aromatic heterocycles. The lowest BCUT2D eigenvalue weighted by Crippen LogP contribution is -2.32. The predicted molar refractivity (Wildman–Crippen MR) is 75.2 cm³/mol. The fraction of sp³-hybridized carbons (Fsp3) is 0.882. The summed E-state index contributed by atoms with van der Waals surface area (Å²) in [5.41, 5.74) is 1.05.